The van der Waals surface area contributed by atoms with Crippen LogP contribution in [0.4, 0.5) is 0 Å². The van der Waals surface area contributed by atoms with E-state index >= 15 is 0 Å². The smallest absolute Gasteiger partial charge is 0.249 e. The molecule has 0 fully saturated rings. The van der Waals surface area contributed by atoms with E-state index in [1.807, 2.05) is 31.2 Å². The van der Waals surface area contributed by atoms with Gasteiger partial charge in [-0.25, -0.2) is 0 Å². The SMILES string of the molecule is COc1cc(OC)c(-c2ccc(C)cc2)c(C(N)=O)c1. The Morgan fingerprint density at radius 3 is 2.20 bits per heavy atom. The maximum atomic E-state index is 11.7. The molecule has 0 bridgehead atoms. The topological polar surface area (TPSA) is 61.6 Å². The predicted molar refractivity (Wildman–Crippen MR) is 78.2 cm³/mol. The van der Waals surface area contributed by atoms with E-state index in [4.69, 9.17) is 15.2 Å². The van der Waals surface area contributed by atoms with Crippen molar-refractivity contribution >= 4 is 5.91 Å². The predicted octanol–water partition coefficient (Wildman–Crippen LogP) is 2.78. The van der Waals surface area contributed by atoms with Gasteiger partial charge in [0.2, 0.25) is 5.91 Å². The molecule has 0 aliphatic carbocycles. The minimum Gasteiger partial charge on any atom is -0.497 e. The molecule has 4 heteroatoms. The standard InChI is InChI=1S/C16H17NO3/c1-10-4-6-11(7-5-10)15-13(16(17)18)8-12(19-2)9-14(15)20-3/h4-9H,1-3H3,(H2,17,18). The summed E-state index contributed by atoms with van der Waals surface area (Å²) in [6.07, 6.45) is 0. The summed E-state index contributed by atoms with van der Waals surface area (Å²) in [5, 5.41) is 0. The van der Waals surface area contributed by atoms with Crippen LogP contribution in [0.25, 0.3) is 11.1 Å². The lowest BCUT2D eigenvalue weighted by Gasteiger charge is -2.14. The maximum absolute atomic E-state index is 11.7. The van der Waals surface area contributed by atoms with E-state index in [0.717, 1.165) is 11.1 Å². The molecule has 0 spiro atoms. The molecule has 0 radical (unpaired) electrons. The summed E-state index contributed by atoms with van der Waals surface area (Å²) in [6.45, 7) is 2.00. The normalized spacial score (nSPS) is 10.2. The quantitative estimate of drug-likeness (QED) is 0.930. The number of carbonyl (C=O) groups excluding carboxylic acids is 1. The van der Waals surface area contributed by atoms with Crippen LogP contribution in [0.2, 0.25) is 0 Å². The molecule has 2 aromatic rings. The molecule has 0 saturated carbocycles. The summed E-state index contributed by atoms with van der Waals surface area (Å²) in [7, 11) is 3.09. The number of primary amides is 1. The number of rotatable bonds is 4. The Balaban J connectivity index is 2.71. The number of hydrogen-bond donors (Lipinski definition) is 1. The molecule has 104 valence electrons. The number of ether oxygens (including phenoxy) is 2. The van der Waals surface area contributed by atoms with E-state index in [2.05, 4.69) is 0 Å². The van der Waals surface area contributed by atoms with Crippen molar-refractivity contribution in [2.75, 3.05) is 14.2 Å². The molecule has 0 aliphatic heterocycles. The largest absolute Gasteiger partial charge is 0.497 e. The summed E-state index contributed by atoms with van der Waals surface area (Å²) in [4.78, 5) is 11.7. The Bertz CT molecular complexity index is 633. The van der Waals surface area contributed by atoms with Gasteiger partial charge in [0.1, 0.15) is 11.5 Å². The molecule has 1 amide bonds. The van der Waals surface area contributed by atoms with Gasteiger partial charge in [0, 0.05) is 11.6 Å². The van der Waals surface area contributed by atoms with Gasteiger partial charge in [-0.1, -0.05) is 29.8 Å². The molecule has 0 unspecified atom stereocenters. The lowest BCUT2D eigenvalue weighted by atomic mass is 9.97. The Kier molecular flexibility index (Phi) is 3.94. The summed E-state index contributed by atoms with van der Waals surface area (Å²) in [5.41, 5.74) is 8.56. The summed E-state index contributed by atoms with van der Waals surface area (Å²) in [5.74, 6) is 0.575. The zero-order valence-corrected chi connectivity index (χ0v) is 11.8. The van der Waals surface area contributed by atoms with E-state index in [1.54, 1.807) is 19.2 Å². The van der Waals surface area contributed by atoms with Crippen molar-refractivity contribution in [2.45, 2.75) is 6.92 Å². The lowest BCUT2D eigenvalue weighted by Crippen LogP contribution is -2.13. The Hall–Kier alpha value is -2.49. The van der Waals surface area contributed by atoms with Crippen LogP contribution in [0.15, 0.2) is 36.4 Å². The highest BCUT2D eigenvalue weighted by Crippen LogP contribution is 2.37. The highest BCUT2D eigenvalue weighted by Gasteiger charge is 2.17. The van der Waals surface area contributed by atoms with Gasteiger partial charge in [-0.2, -0.15) is 0 Å². The van der Waals surface area contributed by atoms with Crippen LogP contribution >= 0.6 is 0 Å². The second-order valence-corrected chi connectivity index (χ2v) is 4.48. The van der Waals surface area contributed by atoms with Crippen LogP contribution in [0.1, 0.15) is 15.9 Å². The molecule has 0 saturated heterocycles. The highest BCUT2D eigenvalue weighted by atomic mass is 16.5. The van der Waals surface area contributed by atoms with Gasteiger partial charge in [-0.3, -0.25) is 4.79 Å². The molecular weight excluding hydrogens is 254 g/mol. The van der Waals surface area contributed by atoms with E-state index in [1.165, 1.54) is 7.11 Å². The van der Waals surface area contributed by atoms with Crippen LogP contribution in [0.5, 0.6) is 11.5 Å². The van der Waals surface area contributed by atoms with Gasteiger partial charge in [0.15, 0.2) is 0 Å². The van der Waals surface area contributed by atoms with E-state index in [9.17, 15) is 4.79 Å². The number of benzene rings is 2. The first-order valence-electron chi connectivity index (χ1n) is 6.19. The molecule has 20 heavy (non-hydrogen) atoms. The van der Waals surface area contributed by atoms with E-state index in [0.29, 0.717) is 22.6 Å². The lowest BCUT2D eigenvalue weighted by molar-refractivity contribution is 0.100. The van der Waals surface area contributed by atoms with Gasteiger partial charge < -0.3 is 15.2 Å². The minimum atomic E-state index is -0.516. The number of nitrogens with two attached hydrogens (primary N) is 1. The molecule has 0 heterocycles. The van der Waals surface area contributed by atoms with Crippen molar-refractivity contribution in [1.29, 1.82) is 0 Å². The third-order valence-corrected chi connectivity index (χ3v) is 3.14. The molecule has 0 atom stereocenters. The third-order valence-electron chi connectivity index (χ3n) is 3.14. The van der Waals surface area contributed by atoms with Crippen LogP contribution in [0.3, 0.4) is 0 Å². The van der Waals surface area contributed by atoms with Crippen LogP contribution in [-0.4, -0.2) is 20.1 Å². The summed E-state index contributed by atoms with van der Waals surface area (Å²) < 4.78 is 10.5. The van der Waals surface area contributed by atoms with E-state index in [-0.39, 0.29) is 0 Å². The van der Waals surface area contributed by atoms with Crippen molar-refractivity contribution in [2.24, 2.45) is 5.73 Å². The van der Waals surface area contributed by atoms with Crippen molar-refractivity contribution in [3.8, 4) is 22.6 Å². The van der Waals surface area contributed by atoms with Crippen molar-refractivity contribution in [1.82, 2.24) is 0 Å². The first-order chi connectivity index (χ1) is 9.56. The molecule has 0 aliphatic rings. The number of methoxy groups -OCH3 is 2. The molecule has 4 nitrogen and oxygen atoms in total. The van der Waals surface area contributed by atoms with Crippen molar-refractivity contribution in [3.63, 3.8) is 0 Å². The summed E-state index contributed by atoms with van der Waals surface area (Å²) in [6, 6.07) is 11.2. The second kappa shape index (κ2) is 5.65. The maximum Gasteiger partial charge on any atom is 0.249 e. The van der Waals surface area contributed by atoms with Gasteiger partial charge in [0.25, 0.3) is 0 Å². The third kappa shape index (κ3) is 2.59. The van der Waals surface area contributed by atoms with Gasteiger partial charge >= 0.3 is 0 Å². The fourth-order valence-electron chi connectivity index (χ4n) is 2.08. The Morgan fingerprint density at radius 1 is 1.05 bits per heavy atom. The number of carbonyl (C=O) groups is 1. The first-order valence-corrected chi connectivity index (χ1v) is 6.19. The number of hydrogen-bond acceptors (Lipinski definition) is 3. The fourth-order valence-corrected chi connectivity index (χ4v) is 2.08. The Morgan fingerprint density at radius 2 is 1.70 bits per heavy atom. The zero-order valence-electron chi connectivity index (χ0n) is 11.8. The molecular formula is C16H17NO3. The summed E-state index contributed by atoms with van der Waals surface area (Å²) >= 11 is 0. The van der Waals surface area contributed by atoms with Gasteiger partial charge in [-0.15, -0.1) is 0 Å². The van der Waals surface area contributed by atoms with E-state index < -0.39 is 5.91 Å². The molecule has 0 aromatic heterocycles. The Labute approximate surface area is 118 Å². The molecule has 2 aromatic carbocycles. The average molecular weight is 271 g/mol. The van der Waals surface area contributed by atoms with Gasteiger partial charge in [0.05, 0.1) is 19.8 Å². The fraction of sp³-hybridized carbons (Fsp3) is 0.188. The minimum absolute atomic E-state index is 0.380. The van der Waals surface area contributed by atoms with Crippen LogP contribution in [0, 0.1) is 6.92 Å². The number of amides is 1. The molecule has 2 rings (SSSR count). The number of aryl methyl sites for hydroxylation is 1. The highest BCUT2D eigenvalue weighted by molar-refractivity contribution is 6.02. The van der Waals surface area contributed by atoms with Crippen LogP contribution in [-0.2, 0) is 0 Å². The zero-order chi connectivity index (χ0) is 14.7. The van der Waals surface area contributed by atoms with Crippen molar-refractivity contribution in [3.05, 3.63) is 47.5 Å². The monoisotopic (exact) mass is 271 g/mol. The molecule has 2 N–H and O–H groups in total. The second-order valence-electron chi connectivity index (χ2n) is 4.48. The average Bonchev–Trinajstić information content (AvgIpc) is 2.46. The van der Waals surface area contributed by atoms with Gasteiger partial charge in [-0.05, 0) is 18.6 Å². The first kappa shape index (κ1) is 13.9. The van der Waals surface area contributed by atoms with Crippen LogP contribution < -0.4 is 15.2 Å². The van der Waals surface area contributed by atoms with Crippen molar-refractivity contribution < 1.29 is 14.3 Å².